The van der Waals surface area contributed by atoms with Crippen LogP contribution in [0.15, 0.2) is 47.0 Å². The maximum absolute atomic E-state index is 12.1. The van der Waals surface area contributed by atoms with Gasteiger partial charge in [0.05, 0.1) is 28.7 Å². The predicted molar refractivity (Wildman–Crippen MR) is 153 cm³/mol. The van der Waals surface area contributed by atoms with Gasteiger partial charge in [0.15, 0.2) is 0 Å². The molecule has 0 radical (unpaired) electrons. The highest BCUT2D eigenvalue weighted by Crippen LogP contribution is 2.56. The molecule has 7 heteroatoms. The largest absolute Gasteiger partial charge is 0.481 e. The molecule has 0 spiro atoms. The third-order valence-electron chi connectivity index (χ3n) is 9.51. The minimum atomic E-state index is -0.917. The van der Waals surface area contributed by atoms with Crippen LogP contribution in [0.3, 0.4) is 0 Å². The summed E-state index contributed by atoms with van der Waals surface area (Å²) in [4.78, 5) is 11.7. The fraction of sp³-hybridized carbons (Fsp3) is 0.515. The molecule has 3 saturated carbocycles. The van der Waals surface area contributed by atoms with Crippen molar-refractivity contribution in [2.45, 2.75) is 89.9 Å². The molecule has 212 valence electrons. The number of halogens is 1. The molecule has 0 aliphatic heterocycles. The van der Waals surface area contributed by atoms with E-state index in [-0.39, 0.29) is 17.9 Å². The molecule has 0 saturated heterocycles. The van der Waals surface area contributed by atoms with E-state index in [0.717, 1.165) is 77.8 Å². The van der Waals surface area contributed by atoms with Gasteiger partial charge in [-0.15, -0.1) is 0 Å². The van der Waals surface area contributed by atoms with Crippen molar-refractivity contribution >= 4 is 17.6 Å². The minimum absolute atomic E-state index is 0.0362. The Hall–Kier alpha value is -2.67. The van der Waals surface area contributed by atoms with E-state index in [2.05, 4.69) is 5.16 Å². The van der Waals surface area contributed by atoms with E-state index >= 15 is 0 Å². The van der Waals surface area contributed by atoms with E-state index in [9.17, 15) is 15.0 Å². The molecular formula is C33H38ClNO5. The van der Waals surface area contributed by atoms with Crippen molar-refractivity contribution in [3.63, 3.8) is 0 Å². The number of rotatable bonds is 9. The normalized spacial score (nSPS) is 26.3. The maximum atomic E-state index is 12.1. The topological polar surface area (TPSA) is 92.8 Å². The summed E-state index contributed by atoms with van der Waals surface area (Å²) in [5, 5.41) is 26.8. The zero-order chi connectivity index (χ0) is 28.2. The van der Waals surface area contributed by atoms with Gasteiger partial charge in [0, 0.05) is 17.0 Å². The highest BCUT2D eigenvalue weighted by atomic mass is 35.5. The van der Waals surface area contributed by atoms with Crippen molar-refractivity contribution in [3.8, 4) is 11.3 Å². The van der Waals surface area contributed by atoms with Crippen LogP contribution in [-0.2, 0) is 28.2 Å². The van der Waals surface area contributed by atoms with Gasteiger partial charge in [0.2, 0.25) is 0 Å². The number of carbonyl (C=O) groups is 1. The fourth-order valence-electron chi connectivity index (χ4n) is 7.08. The van der Waals surface area contributed by atoms with E-state index in [4.69, 9.17) is 20.9 Å². The van der Waals surface area contributed by atoms with E-state index in [1.54, 1.807) is 13.8 Å². The molecule has 4 atom stereocenters. The Kier molecular flexibility index (Phi) is 7.09. The van der Waals surface area contributed by atoms with Crippen molar-refractivity contribution in [1.82, 2.24) is 5.16 Å². The molecule has 2 N–H and O–H groups in total. The standard InChI is InChI=1S/C33H38ClNO5/c1-19-6-4-9-27(34)28(19)29-26(30(40-35-29)21-10-11-21)18-39-25-15-23-12-13-24(16-25)33(23,38)22-8-5-7-20(14-22)17-32(2,3)31(36)37/h4-9,14,21,23-25,38H,10-13,15-18H2,1-3H3,(H,36,37)/t23-,24+,25-,33+. The first kappa shape index (κ1) is 27.5. The third-order valence-corrected chi connectivity index (χ3v) is 9.82. The molecule has 1 heterocycles. The molecule has 40 heavy (non-hydrogen) atoms. The number of aryl methyl sites for hydroxylation is 1. The molecule has 2 aromatic carbocycles. The van der Waals surface area contributed by atoms with Crippen LogP contribution >= 0.6 is 11.6 Å². The molecule has 6 rings (SSSR count). The maximum Gasteiger partial charge on any atom is 0.309 e. The highest BCUT2D eigenvalue weighted by Gasteiger charge is 2.54. The van der Waals surface area contributed by atoms with Gasteiger partial charge < -0.3 is 19.5 Å². The summed E-state index contributed by atoms with van der Waals surface area (Å²) in [6.45, 7) is 5.93. The summed E-state index contributed by atoms with van der Waals surface area (Å²) in [6, 6.07) is 13.8. The lowest BCUT2D eigenvalue weighted by molar-refractivity contribution is -0.146. The van der Waals surface area contributed by atoms with Crippen LogP contribution < -0.4 is 0 Å². The summed E-state index contributed by atoms with van der Waals surface area (Å²) in [5.41, 5.74) is 3.80. The summed E-state index contributed by atoms with van der Waals surface area (Å²) in [7, 11) is 0. The number of carboxylic acid groups (broad SMARTS) is 1. The van der Waals surface area contributed by atoms with Crippen LogP contribution in [0.5, 0.6) is 0 Å². The molecule has 3 fully saturated rings. The van der Waals surface area contributed by atoms with Crippen molar-refractivity contribution in [3.05, 3.63) is 75.5 Å². The molecule has 6 nitrogen and oxygen atoms in total. The van der Waals surface area contributed by atoms with Crippen LogP contribution in [0.1, 0.15) is 86.3 Å². The van der Waals surface area contributed by atoms with Crippen molar-refractivity contribution in [1.29, 1.82) is 0 Å². The number of nitrogens with zero attached hydrogens (tertiary/aromatic N) is 1. The number of benzene rings is 2. The summed E-state index contributed by atoms with van der Waals surface area (Å²) in [5.74, 6) is 0.684. The van der Waals surface area contributed by atoms with E-state index in [1.807, 2.05) is 49.4 Å². The van der Waals surface area contributed by atoms with Crippen LogP contribution in [0, 0.1) is 24.2 Å². The zero-order valence-electron chi connectivity index (χ0n) is 23.5. The van der Waals surface area contributed by atoms with Gasteiger partial charge in [-0.25, -0.2) is 0 Å². The first-order valence-electron chi connectivity index (χ1n) is 14.5. The van der Waals surface area contributed by atoms with Gasteiger partial charge in [-0.3, -0.25) is 4.79 Å². The van der Waals surface area contributed by atoms with E-state index < -0.39 is 17.0 Å². The third kappa shape index (κ3) is 4.88. The van der Waals surface area contributed by atoms with E-state index in [0.29, 0.717) is 24.0 Å². The average Bonchev–Trinajstić information content (AvgIpc) is 3.65. The Morgan fingerprint density at radius 2 is 1.82 bits per heavy atom. The second-order valence-electron chi connectivity index (χ2n) is 12.8. The summed E-state index contributed by atoms with van der Waals surface area (Å²) < 4.78 is 12.5. The Labute approximate surface area is 240 Å². The van der Waals surface area contributed by atoms with Gasteiger partial charge in [-0.1, -0.05) is 53.2 Å². The Morgan fingerprint density at radius 1 is 1.12 bits per heavy atom. The van der Waals surface area contributed by atoms with E-state index in [1.165, 1.54) is 0 Å². The fourth-order valence-corrected chi connectivity index (χ4v) is 7.39. The van der Waals surface area contributed by atoms with Gasteiger partial charge in [-0.05, 0) is 100 Å². The molecule has 3 aromatic rings. The predicted octanol–water partition coefficient (Wildman–Crippen LogP) is 7.43. The number of hydrogen-bond acceptors (Lipinski definition) is 5. The minimum Gasteiger partial charge on any atom is -0.481 e. The van der Waals surface area contributed by atoms with Gasteiger partial charge in [0.1, 0.15) is 11.5 Å². The Morgan fingerprint density at radius 3 is 2.48 bits per heavy atom. The first-order valence-corrected chi connectivity index (χ1v) is 14.9. The molecule has 3 aliphatic rings. The van der Waals surface area contributed by atoms with Gasteiger partial charge >= 0.3 is 5.97 Å². The first-order chi connectivity index (χ1) is 19.1. The lowest BCUT2D eigenvalue weighted by Gasteiger charge is -2.43. The highest BCUT2D eigenvalue weighted by molar-refractivity contribution is 6.33. The Balaban J connectivity index is 1.20. The lowest BCUT2D eigenvalue weighted by Crippen LogP contribution is -2.44. The summed E-state index contributed by atoms with van der Waals surface area (Å²) in [6.07, 6.45) is 6.13. The lowest BCUT2D eigenvalue weighted by atomic mass is 9.69. The number of aliphatic hydroxyl groups is 1. The van der Waals surface area contributed by atoms with Gasteiger partial charge in [-0.2, -0.15) is 0 Å². The summed E-state index contributed by atoms with van der Waals surface area (Å²) >= 11 is 6.61. The number of carboxylic acids is 1. The average molecular weight is 564 g/mol. The second kappa shape index (κ2) is 10.3. The smallest absolute Gasteiger partial charge is 0.309 e. The van der Waals surface area contributed by atoms with Gasteiger partial charge in [0.25, 0.3) is 0 Å². The monoisotopic (exact) mass is 563 g/mol. The molecule has 0 amide bonds. The van der Waals surface area contributed by atoms with Crippen molar-refractivity contribution in [2.24, 2.45) is 17.3 Å². The molecular weight excluding hydrogens is 526 g/mol. The van der Waals surface area contributed by atoms with Crippen LogP contribution in [0.4, 0.5) is 0 Å². The van der Waals surface area contributed by atoms with Crippen LogP contribution in [0.2, 0.25) is 5.02 Å². The molecule has 1 aromatic heterocycles. The number of fused-ring (bicyclic) bond motifs is 2. The quantitative estimate of drug-likeness (QED) is 0.281. The number of ether oxygens (including phenoxy) is 1. The number of aromatic nitrogens is 1. The second-order valence-corrected chi connectivity index (χ2v) is 13.3. The van der Waals surface area contributed by atoms with Crippen molar-refractivity contribution in [2.75, 3.05) is 0 Å². The van der Waals surface area contributed by atoms with Crippen LogP contribution in [-0.4, -0.2) is 27.4 Å². The van der Waals surface area contributed by atoms with Crippen molar-refractivity contribution < 1.29 is 24.3 Å². The molecule has 0 unspecified atom stereocenters. The SMILES string of the molecule is Cc1cccc(Cl)c1-c1noc(C2CC2)c1CO[C@@H]1C[C@H]2CC[C@@H](C1)[C@]2(O)c1cccc(CC(C)(C)C(=O)O)c1. The van der Waals surface area contributed by atoms with Crippen LogP contribution in [0.25, 0.3) is 11.3 Å². The Bertz CT molecular complexity index is 1390. The molecule has 3 aliphatic carbocycles. The number of hydrogen-bond donors (Lipinski definition) is 2. The zero-order valence-corrected chi connectivity index (χ0v) is 24.2. The molecule has 2 bridgehead atoms. The number of aliphatic carboxylic acids is 1.